The van der Waals surface area contributed by atoms with Crippen LogP contribution in [0, 0.1) is 22.7 Å². The first-order chi connectivity index (χ1) is 15.4. The molecule has 0 aromatic carbocycles. The standard InChI is InChI=1S/C24H31N5OS2/c1-5-11-29-21(15-7-8-15)27-28-23(29)31-14-20(30)26-22-18(13-25)17-10-9-16(12-19(17)32-22)24(3,4)6-2/h5,15-16H,1,6-12,14H2,2-4H3,(H,26,30). The van der Waals surface area contributed by atoms with Crippen molar-refractivity contribution in [1.82, 2.24) is 14.8 Å². The number of carbonyl (C=O) groups excluding carboxylic acids is 1. The van der Waals surface area contributed by atoms with Crippen LogP contribution in [0.3, 0.4) is 0 Å². The number of carbonyl (C=O) groups is 1. The van der Waals surface area contributed by atoms with Crippen molar-refractivity contribution in [3.05, 3.63) is 34.5 Å². The third kappa shape index (κ3) is 4.65. The Morgan fingerprint density at radius 2 is 2.19 bits per heavy atom. The van der Waals surface area contributed by atoms with Crippen LogP contribution >= 0.6 is 23.1 Å². The molecule has 2 aliphatic carbocycles. The molecule has 2 aliphatic rings. The van der Waals surface area contributed by atoms with Gasteiger partial charge in [0.05, 0.1) is 11.3 Å². The number of allylic oxidation sites excluding steroid dienone is 1. The monoisotopic (exact) mass is 469 g/mol. The highest BCUT2D eigenvalue weighted by Gasteiger charge is 2.34. The molecule has 2 heterocycles. The molecule has 0 spiro atoms. The molecule has 1 amide bonds. The summed E-state index contributed by atoms with van der Waals surface area (Å²) in [5, 5.41) is 22.9. The number of aromatic nitrogens is 3. The van der Waals surface area contributed by atoms with E-state index in [0.29, 0.717) is 28.9 Å². The largest absolute Gasteiger partial charge is 0.316 e. The number of hydrogen-bond acceptors (Lipinski definition) is 6. The van der Waals surface area contributed by atoms with Crippen LogP contribution in [0.2, 0.25) is 0 Å². The fourth-order valence-electron chi connectivity index (χ4n) is 4.39. The Bertz CT molecular complexity index is 1060. The van der Waals surface area contributed by atoms with Gasteiger partial charge in [-0.25, -0.2) is 0 Å². The van der Waals surface area contributed by atoms with E-state index in [-0.39, 0.29) is 17.1 Å². The van der Waals surface area contributed by atoms with Gasteiger partial charge in [0.15, 0.2) is 5.16 Å². The second-order valence-corrected chi connectivity index (χ2v) is 11.5. The Labute approximate surface area is 198 Å². The minimum atomic E-state index is -0.114. The topological polar surface area (TPSA) is 83.6 Å². The van der Waals surface area contributed by atoms with E-state index in [2.05, 4.69) is 53.5 Å². The molecule has 0 saturated heterocycles. The maximum atomic E-state index is 12.7. The lowest BCUT2D eigenvalue weighted by Gasteiger charge is -2.36. The van der Waals surface area contributed by atoms with Crippen LogP contribution in [-0.4, -0.2) is 26.4 Å². The number of thioether (sulfide) groups is 1. The lowest BCUT2D eigenvalue weighted by molar-refractivity contribution is -0.113. The van der Waals surface area contributed by atoms with Gasteiger partial charge in [0.1, 0.15) is 16.9 Å². The molecule has 32 heavy (non-hydrogen) atoms. The quantitative estimate of drug-likeness (QED) is 0.385. The first-order valence-corrected chi connectivity index (χ1v) is 13.2. The summed E-state index contributed by atoms with van der Waals surface area (Å²) in [5.74, 6) is 2.22. The van der Waals surface area contributed by atoms with Gasteiger partial charge in [0.2, 0.25) is 5.91 Å². The third-order valence-corrected chi connectivity index (χ3v) is 9.11. The molecule has 6 nitrogen and oxygen atoms in total. The maximum Gasteiger partial charge on any atom is 0.235 e. The predicted molar refractivity (Wildman–Crippen MR) is 130 cm³/mol. The molecule has 1 atom stereocenters. The number of rotatable bonds is 9. The highest BCUT2D eigenvalue weighted by atomic mass is 32.2. The number of amides is 1. The van der Waals surface area contributed by atoms with Crippen molar-refractivity contribution in [1.29, 1.82) is 5.26 Å². The normalized spacial score (nSPS) is 18.1. The maximum absolute atomic E-state index is 12.7. The molecule has 1 N–H and O–H groups in total. The first kappa shape index (κ1) is 23.1. The zero-order chi connectivity index (χ0) is 22.9. The van der Waals surface area contributed by atoms with Crippen molar-refractivity contribution in [3.63, 3.8) is 0 Å². The summed E-state index contributed by atoms with van der Waals surface area (Å²) in [5.41, 5.74) is 2.08. The molecule has 2 aromatic heterocycles. The highest BCUT2D eigenvalue weighted by molar-refractivity contribution is 7.99. The Hall–Kier alpha value is -2.11. The summed E-state index contributed by atoms with van der Waals surface area (Å²) in [6.45, 7) is 11.4. The van der Waals surface area contributed by atoms with Gasteiger partial charge < -0.3 is 9.88 Å². The Kier molecular flexibility index (Phi) is 6.78. The van der Waals surface area contributed by atoms with Crippen molar-refractivity contribution in [2.24, 2.45) is 11.3 Å². The summed E-state index contributed by atoms with van der Waals surface area (Å²) in [6.07, 6.45) is 8.29. The van der Waals surface area contributed by atoms with Crippen molar-refractivity contribution in [2.75, 3.05) is 11.1 Å². The van der Waals surface area contributed by atoms with Gasteiger partial charge in [-0.3, -0.25) is 4.79 Å². The van der Waals surface area contributed by atoms with Crippen molar-refractivity contribution in [3.8, 4) is 6.07 Å². The zero-order valence-electron chi connectivity index (χ0n) is 19.1. The number of nitrogens with one attached hydrogen (secondary N) is 1. The van der Waals surface area contributed by atoms with Gasteiger partial charge in [0, 0.05) is 17.3 Å². The average Bonchev–Trinajstić information content (AvgIpc) is 3.45. The molecule has 0 aliphatic heterocycles. The van der Waals surface area contributed by atoms with E-state index >= 15 is 0 Å². The van der Waals surface area contributed by atoms with E-state index in [9.17, 15) is 10.1 Å². The number of thiophene rings is 1. The average molecular weight is 470 g/mol. The first-order valence-electron chi connectivity index (χ1n) is 11.4. The minimum Gasteiger partial charge on any atom is -0.316 e. The Balaban J connectivity index is 1.43. The van der Waals surface area contributed by atoms with E-state index in [1.807, 2.05) is 6.08 Å². The fourth-order valence-corrected chi connectivity index (χ4v) is 6.44. The molecule has 4 rings (SSSR count). The van der Waals surface area contributed by atoms with Crippen LogP contribution in [0.1, 0.15) is 74.2 Å². The molecule has 1 fully saturated rings. The molecule has 170 valence electrons. The Morgan fingerprint density at radius 1 is 1.41 bits per heavy atom. The SMILES string of the molecule is C=CCn1c(SCC(=O)Nc2sc3c(c2C#N)CCC(C(C)(C)CC)C3)nnc1C1CC1. The number of hydrogen-bond donors (Lipinski definition) is 1. The summed E-state index contributed by atoms with van der Waals surface area (Å²) in [4.78, 5) is 14.0. The summed E-state index contributed by atoms with van der Waals surface area (Å²) in [6, 6.07) is 2.35. The van der Waals surface area contributed by atoms with Crippen LogP contribution in [0.4, 0.5) is 5.00 Å². The van der Waals surface area contributed by atoms with Crippen LogP contribution in [0.5, 0.6) is 0 Å². The van der Waals surface area contributed by atoms with Crippen molar-refractivity contribution < 1.29 is 4.79 Å². The fraction of sp³-hybridized carbons (Fsp3) is 0.583. The van der Waals surface area contributed by atoms with Crippen LogP contribution in [-0.2, 0) is 24.2 Å². The predicted octanol–water partition coefficient (Wildman–Crippen LogP) is 5.55. The van der Waals surface area contributed by atoms with Crippen LogP contribution < -0.4 is 5.32 Å². The zero-order valence-corrected chi connectivity index (χ0v) is 20.7. The lowest BCUT2D eigenvalue weighted by atomic mass is 9.69. The van der Waals surface area contributed by atoms with Gasteiger partial charge in [-0.05, 0) is 49.0 Å². The van der Waals surface area contributed by atoms with Crippen LogP contribution in [0.15, 0.2) is 17.8 Å². The molecular formula is C24H31N5OS2. The molecular weight excluding hydrogens is 438 g/mol. The van der Waals surface area contributed by atoms with E-state index in [1.165, 1.54) is 16.6 Å². The van der Waals surface area contributed by atoms with Gasteiger partial charge in [-0.2, -0.15) is 5.26 Å². The molecule has 1 saturated carbocycles. The number of nitrogens with zero attached hydrogens (tertiary/aromatic N) is 4. The van der Waals surface area contributed by atoms with Crippen molar-refractivity contribution in [2.45, 2.75) is 76.9 Å². The van der Waals surface area contributed by atoms with Crippen LogP contribution in [0.25, 0.3) is 0 Å². The van der Waals surface area contributed by atoms with E-state index in [4.69, 9.17) is 0 Å². The summed E-state index contributed by atoms with van der Waals surface area (Å²) in [7, 11) is 0. The smallest absolute Gasteiger partial charge is 0.235 e. The molecule has 2 aromatic rings. The van der Waals surface area contributed by atoms with Gasteiger partial charge >= 0.3 is 0 Å². The Morgan fingerprint density at radius 3 is 2.84 bits per heavy atom. The number of anilines is 1. The third-order valence-electron chi connectivity index (χ3n) is 6.98. The summed E-state index contributed by atoms with van der Waals surface area (Å²) >= 11 is 2.97. The highest BCUT2D eigenvalue weighted by Crippen LogP contribution is 2.45. The van der Waals surface area contributed by atoms with E-state index < -0.39 is 0 Å². The minimum absolute atomic E-state index is 0.114. The van der Waals surface area contributed by atoms with E-state index in [0.717, 1.165) is 55.1 Å². The molecule has 8 heteroatoms. The second kappa shape index (κ2) is 9.40. The van der Waals surface area contributed by atoms with Crippen molar-refractivity contribution >= 4 is 34.0 Å². The molecule has 0 bridgehead atoms. The van der Waals surface area contributed by atoms with Gasteiger partial charge in [0.25, 0.3) is 0 Å². The molecule has 0 radical (unpaired) electrons. The lowest BCUT2D eigenvalue weighted by Crippen LogP contribution is -2.28. The second-order valence-electron chi connectivity index (χ2n) is 9.45. The van der Waals surface area contributed by atoms with Gasteiger partial charge in [-0.15, -0.1) is 28.1 Å². The molecule has 1 unspecified atom stereocenters. The van der Waals surface area contributed by atoms with E-state index in [1.54, 1.807) is 11.3 Å². The van der Waals surface area contributed by atoms with Gasteiger partial charge in [-0.1, -0.05) is 45.0 Å². The number of fused-ring (bicyclic) bond motifs is 1. The number of nitriles is 1. The summed E-state index contributed by atoms with van der Waals surface area (Å²) < 4.78 is 2.06.